The number of hydrogen-bond donors (Lipinski definition) is 1. The Morgan fingerprint density at radius 2 is 2.07 bits per heavy atom. The van der Waals surface area contributed by atoms with E-state index in [-0.39, 0.29) is 0 Å². The van der Waals surface area contributed by atoms with E-state index in [1.807, 2.05) is 11.1 Å². The van der Waals surface area contributed by atoms with Crippen LogP contribution in [0.3, 0.4) is 0 Å². The smallest absolute Gasteiger partial charge is 0.225 e. The normalized spacial score (nSPS) is 23.9. The van der Waals surface area contributed by atoms with Crippen molar-refractivity contribution in [1.82, 2.24) is 15.0 Å². The minimum atomic E-state index is 0.371. The van der Waals surface area contributed by atoms with Crippen molar-refractivity contribution in [3.63, 3.8) is 0 Å². The molecule has 0 aromatic carbocycles. The second-order valence-electron chi connectivity index (χ2n) is 3.59. The van der Waals surface area contributed by atoms with Gasteiger partial charge in [0, 0.05) is 38.1 Å². The van der Waals surface area contributed by atoms with Crippen molar-refractivity contribution in [2.24, 2.45) is 5.84 Å². The first-order valence-electron chi connectivity index (χ1n) is 4.80. The molecular weight excluding hydrogens is 178 g/mol. The van der Waals surface area contributed by atoms with Crippen LogP contribution in [-0.2, 0) is 0 Å². The van der Waals surface area contributed by atoms with Crippen LogP contribution in [0.15, 0.2) is 18.5 Å². The summed E-state index contributed by atoms with van der Waals surface area (Å²) < 4.78 is 0. The molecule has 1 saturated heterocycles. The Balaban J connectivity index is 2.12. The monoisotopic (exact) mass is 193 g/mol. The van der Waals surface area contributed by atoms with E-state index in [1.165, 1.54) is 0 Å². The van der Waals surface area contributed by atoms with Crippen LogP contribution < -0.4 is 10.7 Å². The third-order valence-electron chi connectivity index (χ3n) is 2.47. The molecule has 0 amide bonds. The summed E-state index contributed by atoms with van der Waals surface area (Å²) in [7, 11) is 0. The molecule has 2 N–H and O–H groups in total. The van der Waals surface area contributed by atoms with E-state index in [0.717, 1.165) is 25.6 Å². The Kier molecular flexibility index (Phi) is 2.60. The summed E-state index contributed by atoms with van der Waals surface area (Å²) >= 11 is 0. The minimum Gasteiger partial charge on any atom is -0.335 e. The van der Waals surface area contributed by atoms with E-state index >= 15 is 0 Å². The third kappa shape index (κ3) is 1.83. The number of aromatic nitrogens is 2. The van der Waals surface area contributed by atoms with Crippen LogP contribution in [0, 0.1) is 0 Å². The van der Waals surface area contributed by atoms with Gasteiger partial charge in [-0.1, -0.05) is 0 Å². The molecule has 1 aromatic rings. The summed E-state index contributed by atoms with van der Waals surface area (Å²) in [5.74, 6) is 6.53. The molecule has 1 aromatic heterocycles. The zero-order valence-corrected chi connectivity index (χ0v) is 8.30. The molecule has 0 spiro atoms. The maximum Gasteiger partial charge on any atom is 0.225 e. The topological polar surface area (TPSA) is 58.3 Å². The molecule has 1 aliphatic heterocycles. The molecular formula is C9H15N5. The Morgan fingerprint density at radius 3 is 2.71 bits per heavy atom. The Bertz CT molecular complexity index is 289. The van der Waals surface area contributed by atoms with Crippen molar-refractivity contribution in [3.05, 3.63) is 18.5 Å². The van der Waals surface area contributed by atoms with E-state index in [4.69, 9.17) is 5.84 Å². The first-order valence-corrected chi connectivity index (χ1v) is 4.80. The number of nitrogens with two attached hydrogens (primary N) is 1. The largest absolute Gasteiger partial charge is 0.335 e. The number of anilines is 1. The lowest BCUT2D eigenvalue weighted by Gasteiger charge is -2.37. The second-order valence-corrected chi connectivity index (χ2v) is 3.59. The van der Waals surface area contributed by atoms with Gasteiger partial charge in [0.2, 0.25) is 5.95 Å². The highest BCUT2D eigenvalue weighted by Crippen LogP contribution is 2.13. The molecule has 1 fully saturated rings. The van der Waals surface area contributed by atoms with Crippen LogP contribution in [0.1, 0.15) is 6.92 Å². The van der Waals surface area contributed by atoms with Gasteiger partial charge in [-0.3, -0.25) is 5.84 Å². The SMILES string of the molecule is CC1CN(N)CCN1c1ncccn1. The predicted molar refractivity (Wildman–Crippen MR) is 54.6 cm³/mol. The van der Waals surface area contributed by atoms with Gasteiger partial charge in [0.25, 0.3) is 0 Å². The number of piperazine rings is 1. The molecule has 5 nitrogen and oxygen atoms in total. The van der Waals surface area contributed by atoms with E-state index < -0.39 is 0 Å². The fourth-order valence-electron chi connectivity index (χ4n) is 1.72. The molecule has 0 radical (unpaired) electrons. The number of hydrogen-bond acceptors (Lipinski definition) is 5. The van der Waals surface area contributed by atoms with Crippen LogP contribution >= 0.6 is 0 Å². The van der Waals surface area contributed by atoms with Crippen molar-refractivity contribution < 1.29 is 0 Å². The van der Waals surface area contributed by atoms with Crippen LogP contribution in [-0.4, -0.2) is 40.7 Å². The molecule has 1 unspecified atom stereocenters. The number of rotatable bonds is 1. The molecule has 0 saturated carbocycles. The Labute approximate surface area is 83.5 Å². The van der Waals surface area contributed by atoms with Crippen molar-refractivity contribution >= 4 is 5.95 Å². The second kappa shape index (κ2) is 3.89. The van der Waals surface area contributed by atoms with E-state index in [9.17, 15) is 0 Å². The van der Waals surface area contributed by atoms with E-state index in [0.29, 0.717) is 6.04 Å². The molecule has 0 bridgehead atoms. The lowest BCUT2D eigenvalue weighted by atomic mass is 10.2. The summed E-state index contributed by atoms with van der Waals surface area (Å²) in [5, 5.41) is 1.84. The fourth-order valence-corrected chi connectivity index (χ4v) is 1.72. The van der Waals surface area contributed by atoms with Crippen LogP contribution in [0.25, 0.3) is 0 Å². The number of hydrazine groups is 1. The number of nitrogens with zero attached hydrogens (tertiary/aromatic N) is 4. The lowest BCUT2D eigenvalue weighted by molar-refractivity contribution is 0.233. The molecule has 0 aliphatic carbocycles. The van der Waals surface area contributed by atoms with E-state index in [1.54, 1.807) is 12.4 Å². The summed E-state index contributed by atoms with van der Waals surface area (Å²) in [5.41, 5.74) is 0. The highest BCUT2D eigenvalue weighted by atomic mass is 15.5. The van der Waals surface area contributed by atoms with Gasteiger partial charge in [-0.15, -0.1) is 0 Å². The highest BCUT2D eigenvalue weighted by Gasteiger charge is 2.23. The van der Waals surface area contributed by atoms with Crippen molar-refractivity contribution in [3.8, 4) is 0 Å². The molecule has 1 atom stereocenters. The quantitative estimate of drug-likeness (QED) is 0.629. The lowest BCUT2D eigenvalue weighted by Crippen LogP contribution is -2.54. The predicted octanol–water partition coefficient (Wildman–Crippen LogP) is -0.139. The summed E-state index contributed by atoms with van der Waals surface area (Å²) in [6.45, 7) is 4.75. The van der Waals surface area contributed by atoms with Crippen molar-refractivity contribution in [2.75, 3.05) is 24.5 Å². The van der Waals surface area contributed by atoms with Crippen molar-refractivity contribution in [1.29, 1.82) is 0 Å². The van der Waals surface area contributed by atoms with Gasteiger partial charge in [0.05, 0.1) is 0 Å². The summed E-state index contributed by atoms with van der Waals surface area (Å²) in [6, 6.07) is 2.20. The van der Waals surface area contributed by atoms with Crippen LogP contribution in [0.4, 0.5) is 5.95 Å². The Morgan fingerprint density at radius 1 is 1.36 bits per heavy atom. The standard InChI is InChI=1S/C9H15N5/c1-8-7-13(10)5-6-14(8)9-11-3-2-4-12-9/h2-4,8H,5-7,10H2,1H3. The molecule has 2 rings (SSSR count). The van der Waals surface area contributed by atoms with Gasteiger partial charge in [-0.25, -0.2) is 15.0 Å². The Hall–Kier alpha value is -1.20. The molecule has 1 aliphatic rings. The van der Waals surface area contributed by atoms with Gasteiger partial charge in [-0.05, 0) is 13.0 Å². The van der Waals surface area contributed by atoms with Crippen molar-refractivity contribution in [2.45, 2.75) is 13.0 Å². The van der Waals surface area contributed by atoms with Crippen LogP contribution in [0.5, 0.6) is 0 Å². The average molecular weight is 193 g/mol. The fraction of sp³-hybridized carbons (Fsp3) is 0.556. The average Bonchev–Trinajstić information content (AvgIpc) is 2.19. The van der Waals surface area contributed by atoms with Gasteiger partial charge in [0.1, 0.15) is 0 Å². The van der Waals surface area contributed by atoms with Gasteiger partial charge in [0.15, 0.2) is 0 Å². The van der Waals surface area contributed by atoms with Gasteiger partial charge in [-0.2, -0.15) is 0 Å². The summed E-state index contributed by atoms with van der Waals surface area (Å²) in [6.07, 6.45) is 3.54. The van der Waals surface area contributed by atoms with E-state index in [2.05, 4.69) is 21.8 Å². The first kappa shape index (κ1) is 9.36. The summed E-state index contributed by atoms with van der Waals surface area (Å²) in [4.78, 5) is 10.7. The molecule has 5 heteroatoms. The highest BCUT2D eigenvalue weighted by molar-refractivity contribution is 5.31. The first-order chi connectivity index (χ1) is 6.77. The maximum atomic E-state index is 5.73. The zero-order chi connectivity index (χ0) is 9.97. The third-order valence-corrected chi connectivity index (χ3v) is 2.47. The van der Waals surface area contributed by atoms with Gasteiger partial charge >= 0.3 is 0 Å². The molecule has 14 heavy (non-hydrogen) atoms. The zero-order valence-electron chi connectivity index (χ0n) is 8.30. The maximum absolute atomic E-state index is 5.73. The van der Waals surface area contributed by atoms with Crippen LogP contribution in [0.2, 0.25) is 0 Å². The minimum absolute atomic E-state index is 0.371. The molecule has 76 valence electrons. The molecule has 2 heterocycles. The van der Waals surface area contributed by atoms with Gasteiger partial charge < -0.3 is 4.90 Å².